The smallest absolute Gasteiger partial charge is 0.303 e. The summed E-state index contributed by atoms with van der Waals surface area (Å²) in [4.78, 5) is 51.9. The molecule has 0 heterocycles. The molecule has 7 N–H and O–H groups in total. The predicted molar refractivity (Wildman–Crippen MR) is 81.0 cm³/mol. The number of amides is 3. The Bertz CT molecular complexity index is 427. The Balaban J connectivity index is 0. The summed E-state index contributed by atoms with van der Waals surface area (Å²) < 4.78 is 0. The van der Waals surface area contributed by atoms with Gasteiger partial charge >= 0.3 is 5.97 Å². The Morgan fingerprint density at radius 3 is 2.09 bits per heavy atom. The highest BCUT2D eigenvalue weighted by Crippen LogP contribution is 1.95. The number of rotatable bonds is 10. The molecule has 0 aromatic rings. The number of hydrogen-bond donors (Lipinski definition) is 5. The van der Waals surface area contributed by atoms with Crippen LogP contribution < -0.4 is 22.1 Å². The number of aliphatic carboxylic acids is 1. The normalized spacial score (nSPS) is 12.1. The molecule has 23 heavy (non-hydrogen) atoms. The van der Waals surface area contributed by atoms with Crippen molar-refractivity contribution in [1.82, 2.24) is 10.6 Å². The quantitative estimate of drug-likeness (QED) is 0.283. The van der Waals surface area contributed by atoms with Gasteiger partial charge in [-0.1, -0.05) is 6.92 Å². The van der Waals surface area contributed by atoms with Gasteiger partial charge in [0, 0.05) is 12.8 Å². The van der Waals surface area contributed by atoms with Gasteiger partial charge in [-0.2, -0.15) is 0 Å². The zero-order valence-electron chi connectivity index (χ0n) is 13.2. The Labute approximate surface area is 134 Å². The highest BCUT2D eigenvalue weighted by atomic mass is 16.4. The maximum Gasteiger partial charge on any atom is 0.303 e. The second kappa shape index (κ2) is 13.2. The van der Waals surface area contributed by atoms with E-state index in [-0.39, 0.29) is 31.6 Å². The van der Waals surface area contributed by atoms with Crippen molar-refractivity contribution in [3.8, 4) is 0 Å². The van der Waals surface area contributed by atoms with Crippen molar-refractivity contribution in [1.29, 1.82) is 0 Å². The van der Waals surface area contributed by atoms with Crippen molar-refractivity contribution in [2.75, 3.05) is 7.05 Å². The summed E-state index contributed by atoms with van der Waals surface area (Å²) in [7, 11) is 1.57. The Morgan fingerprint density at radius 1 is 1.22 bits per heavy atom. The van der Waals surface area contributed by atoms with Crippen molar-refractivity contribution in [2.24, 2.45) is 11.5 Å². The summed E-state index contributed by atoms with van der Waals surface area (Å²) in [5.41, 5.74) is 9.78. The summed E-state index contributed by atoms with van der Waals surface area (Å²) in [6, 6.07) is -1.32. The van der Waals surface area contributed by atoms with Crippen LogP contribution in [0.1, 0.15) is 32.6 Å². The summed E-state index contributed by atoms with van der Waals surface area (Å²) in [6.45, 7) is 1.65. The van der Waals surface area contributed by atoms with E-state index in [1.165, 1.54) is 0 Å². The molecule has 10 heteroatoms. The molecule has 0 bridgehead atoms. The van der Waals surface area contributed by atoms with Gasteiger partial charge in [0.15, 0.2) is 0 Å². The van der Waals surface area contributed by atoms with Crippen LogP contribution in [-0.2, 0) is 24.0 Å². The molecule has 0 aromatic heterocycles. The first-order valence-electron chi connectivity index (χ1n) is 6.89. The number of nitrogens with two attached hydrogens (primary N) is 2. The lowest BCUT2D eigenvalue weighted by atomic mass is 10.1. The fourth-order valence-corrected chi connectivity index (χ4v) is 1.36. The van der Waals surface area contributed by atoms with Crippen LogP contribution >= 0.6 is 0 Å². The Morgan fingerprint density at radius 2 is 1.78 bits per heavy atom. The lowest BCUT2D eigenvalue weighted by Gasteiger charge is -2.09. The molecule has 0 aromatic carbocycles. The van der Waals surface area contributed by atoms with Gasteiger partial charge in [0.2, 0.25) is 17.7 Å². The predicted octanol–water partition coefficient (Wildman–Crippen LogP) is -2.12. The number of nitrogens with one attached hydrogen (secondary N) is 2. The topological polar surface area (TPSA) is 182 Å². The summed E-state index contributed by atoms with van der Waals surface area (Å²) in [5.74, 6) is -2.32. The van der Waals surface area contributed by atoms with Crippen molar-refractivity contribution in [3.05, 3.63) is 0 Å². The lowest BCUT2D eigenvalue weighted by Crippen LogP contribution is -2.39. The van der Waals surface area contributed by atoms with E-state index in [0.717, 1.165) is 0 Å². The third kappa shape index (κ3) is 14.2. The van der Waals surface area contributed by atoms with Crippen LogP contribution in [0.15, 0.2) is 0 Å². The first-order valence-corrected chi connectivity index (χ1v) is 6.89. The lowest BCUT2D eigenvalue weighted by molar-refractivity contribution is -0.137. The molecule has 0 spiro atoms. The molecule has 10 nitrogen and oxygen atoms in total. The van der Waals surface area contributed by atoms with Crippen molar-refractivity contribution >= 4 is 30.0 Å². The zero-order chi connectivity index (χ0) is 18.4. The average molecular weight is 332 g/mol. The van der Waals surface area contributed by atoms with Crippen molar-refractivity contribution < 1.29 is 29.1 Å². The van der Waals surface area contributed by atoms with Crippen LogP contribution in [0.4, 0.5) is 0 Å². The van der Waals surface area contributed by atoms with Gasteiger partial charge in [-0.3, -0.25) is 19.2 Å². The highest BCUT2D eigenvalue weighted by Gasteiger charge is 2.13. The molecule has 3 amide bonds. The largest absolute Gasteiger partial charge is 0.481 e. The maximum absolute atomic E-state index is 10.7. The van der Waals surface area contributed by atoms with E-state index < -0.39 is 29.9 Å². The van der Waals surface area contributed by atoms with E-state index in [1.807, 2.05) is 0 Å². The number of likely N-dealkylation sites (N-methyl/N-ethyl adjacent to an activating group) is 1. The number of carbonyl (C=O) groups is 5. The van der Waals surface area contributed by atoms with E-state index in [1.54, 1.807) is 14.0 Å². The van der Waals surface area contributed by atoms with E-state index in [4.69, 9.17) is 16.6 Å². The van der Waals surface area contributed by atoms with Gasteiger partial charge < -0.3 is 32.0 Å². The van der Waals surface area contributed by atoms with E-state index in [9.17, 15) is 24.0 Å². The molecule has 0 aliphatic carbocycles. The van der Waals surface area contributed by atoms with Crippen LogP contribution in [0.3, 0.4) is 0 Å². The molecular weight excluding hydrogens is 308 g/mol. The molecule has 0 unspecified atom stereocenters. The molecule has 132 valence electrons. The monoisotopic (exact) mass is 332 g/mol. The molecule has 0 fully saturated rings. The molecular formula is C13H24N4O6. The van der Waals surface area contributed by atoms with Gasteiger partial charge in [0.05, 0.1) is 18.5 Å². The van der Waals surface area contributed by atoms with Crippen LogP contribution in [0, 0.1) is 0 Å². The van der Waals surface area contributed by atoms with Crippen LogP contribution in [0.5, 0.6) is 0 Å². The minimum atomic E-state index is -0.925. The number of carboxylic acids is 1. The molecule has 0 saturated carbocycles. The molecule has 0 saturated heterocycles. The van der Waals surface area contributed by atoms with Gasteiger partial charge in [0.25, 0.3) is 0 Å². The summed E-state index contributed by atoms with van der Waals surface area (Å²) in [5, 5.41) is 13.2. The van der Waals surface area contributed by atoms with Gasteiger partial charge in [-0.15, -0.1) is 0 Å². The number of hydrogen-bond acceptors (Lipinski definition) is 6. The molecule has 0 radical (unpaired) electrons. The minimum Gasteiger partial charge on any atom is -0.481 e. The fraction of sp³-hybridized carbons (Fsp3) is 0.615. The molecule has 2 atom stereocenters. The SMILES string of the molecule is CCC(=O)N[C@H](C=O)CC(N)=O.CN[C@H](CCC(=O)O)C(N)=O. The highest BCUT2D eigenvalue weighted by molar-refractivity contribution is 5.83. The van der Waals surface area contributed by atoms with Crippen molar-refractivity contribution in [3.63, 3.8) is 0 Å². The minimum absolute atomic E-state index is 0.0472. The van der Waals surface area contributed by atoms with Gasteiger partial charge in [0.1, 0.15) is 6.29 Å². The molecule has 0 aliphatic rings. The third-order valence-electron chi connectivity index (χ3n) is 2.59. The van der Waals surface area contributed by atoms with Gasteiger partial charge in [-0.05, 0) is 13.5 Å². The number of carbonyl (C=O) groups excluding carboxylic acids is 4. The molecule has 0 rings (SSSR count). The van der Waals surface area contributed by atoms with Crippen molar-refractivity contribution in [2.45, 2.75) is 44.7 Å². The summed E-state index contributed by atoms with van der Waals surface area (Å²) >= 11 is 0. The zero-order valence-corrected chi connectivity index (χ0v) is 13.2. The Kier molecular flexibility index (Phi) is 13.1. The van der Waals surface area contributed by atoms with E-state index in [2.05, 4.69) is 10.6 Å². The second-order valence-corrected chi connectivity index (χ2v) is 4.51. The first-order chi connectivity index (χ1) is 10.7. The van der Waals surface area contributed by atoms with Gasteiger partial charge in [-0.25, -0.2) is 0 Å². The number of carboxylic acid groups (broad SMARTS) is 1. The third-order valence-corrected chi connectivity index (χ3v) is 2.59. The number of aldehydes is 1. The Hall–Kier alpha value is -2.49. The van der Waals surface area contributed by atoms with Crippen LogP contribution in [0.25, 0.3) is 0 Å². The van der Waals surface area contributed by atoms with Crippen LogP contribution in [0.2, 0.25) is 0 Å². The summed E-state index contributed by atoms with van der Waals surface area (Å²) in [6.07, 6.45) is 0.826. The average Bonchev–Trinajstić information content (AvgIpc) is 2.46. The fourth-order valence-electron chi connectivity index (χ4n) is 1.36. The molecule has 0 aliphatic heterocycles. The number of primary amides is 2. The maximum atomic E-state index is 10.7. The first kappa shape index (κ1) is 22.8. The van der Waals surface area contributed by atoms with Crippen LogP contribution in [-0.4, -0.2) is 54.2 Å². The standard InChI is InChI=1S/C7H12N2O3.C6H12N2O3/c1-2-7(12)9-5(4-10)3-6(8)11;1-8-4(6(7)11)2-3-5(9)10/h4-5H,2-3H2,1H3,(H2,8,11)(H,9,12);4,8H,2-3H2,1H3,(H2,7,11)(H,9,10)/t5-;4-/m01/s1. The van der Waals surface area contributed by atoms with E-state index in [0.29, 0.717) is 6.29 Å². The second-order valence-electron chi connectivity index (χ2n) is 4.51. The van der Waals surface area contributed by atoms with E-state index >= 15 is 0 Å².